The minimum absolute atomic E-state index is 0.0324. The summed E-state index contributed by atoms with van der Waals surface area (Å²) < 4.78 is 0. The molecule has 0 amide bonds. The van der Waals surface area contributed by atoms with Crippen molar-refractivity contribution in [1.82, 2.24) is 4.98 Å². The monoisotopic (exact) mass is 285 g/mol. The molecule has 0 atom stereocenters. The first-order chi connectivity index (χ1) is 9.61. The number of hydrogen-bond acceptors (Lipinski definition) is 2. The molecule has 0 spiro atoms. The third-order valence-corrected chi connectivity index (χ3v) is 3.94. The molecule has 0 aliphatic heterocycles. The van der Waals surface area contributed by atoms with Crippen molar-refractivity contribution in [3.05, 3.63) is 41.7 Å². The number of rotatable bonds is 3. The molecule has 0 unspecified atom stereocenters. The van der Waals surface area contributed by atoms with Crippen LogP contribution in [-0.2, 0) is 15.6 Å². The second-order valence-corrected chi connectivity index (χ2v) is 7.33. The summed E-state index contributed by atoms with van der Waals surface area (Å²) in [5.74, 6) is -0.776. The van der Waals surface area contributed by atoms with Crippen LogP contribution in [0, 0.1) is 0 Å². The van der Waals surface area contributed by atoms with E-state index < -0.39 is 11.4 Å². The number of hydrogen-bond donors (Lipinski definition) is 1. The molecule has 1 aromatic heterocycles. The molecule has 2 aromatic rings. The Morgan fingerprint density at radius 3 is 2.38 bits per heavy atom. The number of benzene rings is 1. The maximum Gasteiger partial charge on any atom is 0.304 e. The van der Waals surface area contributed by atoms with Gasteiger partial charge in [-0.2, -0.15) is 0 Å². The lowest BCUT2D eigenvalue weighted by molar-refractivity contribution is -0.138. The van der Waals surface area contributed by atoms with Crippen LogP contribution in [0.4, 0.5) is 0 Å². The fraction of sp³-hybridized carbons (Fsp3) is 0.444. The molecule has 1 aromatic carbocycles. The topological polar surface area (TPSA) is 50.2 Å². The first-order valence-corrected chi connectivity index (χ1v) is 7.22. The van der Waals surface area contributed by atoms with E-state index in [-0.39, 0.29) is 11.8 Å². The van der Waals surface area contributed by atoms with Crippen molar-refractivity contribution in [3.8, 4) is 0 Å². The molecule has 112 valence electrons. The van der Waals surface area contributed by atoms with Gasteiger partial charge in [0.1, 0.15) is 0 Å². The van der Waals surface area contributed by atoms with Gasteiger partial charge in [0.2, 0.25) is 0 Å². The van der Waals surface area contributed by atoms with Gasteiger partial charge in [-0.1, -0.05) is 46.8 Å². The van der Waals surface area contributed by atoms with E-state index in [9.17, 15) is 4.79 Å². The summed E-state index contributed by atoms with van der Waals surface area (Å²) in [5, 5.41) is 11.3. The van der Waals surface area contributed by atoms with Crippen molar-refractivity contribution in [1.29, 1.82) is 0 Å². The van der Waals surface area contributed by atoms with E-state index in [1.54, 1.807) is 0 Å². The lowest BCUT2D eigenvalue weighted by Crippen LogP contribution is -2.21. The summed E-state index contributed by atoms with van der Waals surface area (Å²) in [6.45, 7) is 10.4. The molecule has 21 heavy (non-hydrogen) atoms. The summed E-state index contributed by atoms with van der Waals surface area (Å²) in [6.07, 6.45) is 3.89. The van der Waals surface area contributed by atoms with Gasteiger partial charge in [0, 0.05) is 23.2 Å². The zero-order valence-electron chi connectivity index (χ0n) is 13.4. The van der Waals surface area contributed by atoms with Gasteiger partial charge >= 0.3 is 5.97 Å². The number of carboxylic acids is 1. The molecule has 0 saturated carbocycles. The van der Waals surface area contributed by atoms with Crippen LogP contribution in [0.3, 0.4) is 0 Å². The maximum absolute atomic E-state index is 11.0. The smallest absolute Gasteiger partial charge is 0.304 e. The van der Waals surface area contributed by atoms with Gasteiger partial charge < -0.3 is 5.11 Å². The molecule has 1 N–H and O–H groups in total. The molecule has 0 radical (unpaired) electrons. The minimum Gasteiger partial charge on any atom is -0.481 e. The third kappa shape index (κ3) is 3.23. The van der Waals surface area contributed by atoms with Crippen LogP contribution in [0.15, 0.2) is 30.6 Å². The van der Waals surface area contributed by atoms with E-state index in [4.69, 9.17) is 5.11 Å². The maximum atomic E-state index is 11.0. The summed E-state index contributed by atoms with van der Waals surface area (Å²) >= 11 is 0. The number of aliphatic carboxylic acids is 1. The van der Waals surface area contributed by atoms with Crippen molar-refractivity contribution in [2.24, 2.45) is 0 Å². The summed E-state index contributed by atoms with van der Waals surface area (Å²) in [6, 6.07) is 6.21. The highest BCUT2D eigenvalue weighted by Crippen LogP contribution is 2.33. The third-order valence-electron chi connectivity index (χ3n) is 3.94. The van der Waals surface area contributed by atoms with E-state index in [1.807, 2.05) is 32.3 Å². The average Bonchev–Trinajstić information content (AvgIpc) is 2.34. The Labute approximate surface area is 126 Å². The van der Waals surface area contributed by atoms with Crippen molar-refractivity contribution in [2.45, 2.75) is 51.9 Å². The van der Waals surface area contributed by atoms with Crippen molar-refractivity contribution in [2.75, 3.05) is 0 Å². The van der Waals surface area contributed by atoms with Crippen LogP contribution in [0.2, 0.25) is 0 Å². The zero-order chi connectivity index (χ0) is 15.8. The number of carbonyl (C=O) groups is 1. The zero-order valence-corrected chi connectivity index (χ0v) is 13.4. The number of aromatic nitrogens is 1. The lowest BCUT2D eigenvalue weighted by Gasteiger charge is -2.25. The second-order valence-electron chi connectivity index (χ2n) is 7.33. The van der Waals surface area contributed by atoms with Crippen LogP contribution in [0.25, 0.3) is 10.8 Å². The van der Waals surface area contributed by atoms with E-state index >= 15 is 0 Å². The Morgan fingerprint density at radius 1 is 1.14 bits per heavy atom. The predicted octanol–water partition coefficient (Wildman–Crippen LogP) is 4.28. The molecule has 0 fully saturated rings. The minimum atomic E-state index is -0.776. The fourth-order valence-electron chi connectivity index (χ4n) is 2.68. The second kappa shape index (κ2) is 5.14. The number of fused-ring (bicyclic) bond motifs is 1. The fourth-order valence-corrected chi connectivity index (χ4v) is 2.68. The molecule has 0 aliphatic carbocycles. The van der Waals surface area contributed by atoms with Gasteiger partial charge in [0.25, 0.3) is 0 Å². The summed E-state index contributed by atoms with van der Waals surface area (Å²) in [5.41, 5.74) is 1.88. The molecule has 3 nitrogen and oxygen atoms in total. The standard InChI is InChI=1S/C18H23NO2/c1-17(2,3)15-11-19-10-12-8-13(6-7-14(12)15)18(4,5)9-16(20)21/h6-8,10-11H,9H2,1-5H3,(H,20,21). The number of nitrogens with zero attached hydrogens (tertiary/aromatic N) is 1. The van der Waals surface area contributed by atoms with E-state index in [0.29, 0.717) is 0 Å². The van der Waals surface area contributed by atoms with Gasteiger partial charge in [0.05, 0.1) is 6.42 Å². The van der Waals surface area contributed by atoms with Crippen molar-refractivity contribution >= 4 is 16.7 Å². The number of carboxylic acid groups (broad SMARTS) is 1. The Hall–Kier alpha value is -1.90. The van der Waals surface area contributed by atoms with Gasteiger partial charge in [-0.15, -0.1) is 0 Å². The quantitative estimate of drug-likeness (QED) is 0.915. The Bertz CT molecular complexity index is 681. The molecular formula is C18H23NO2. The highest BCUT2D eigenvalue weighted by Gasteiger charge is 2.25. The SMILES string of the molecule is CC(C)(C)c1cncc2cc(C(C)(C)CC(=O)O)ccc12. The van der Waals surface area contributed by atoms with Gasteiger partial charge in [-0.05, 0) is 28.0 Å². The van der Waals surface area contributed by atoms with Crippen molar-refractivity contribution < 1.29 is 9.90 Å². The van der Waals surface area contributed by atoms with E-state index in [2.05, 4.69) is 37.9 Å². The molecule has 2 rings (SSSR count). The van der Waals surface area contributed by atoms with E-state index in [0.717, 1.165) is 10.9 Å². The Balaban J connectivity index is 2.56. The molecule has 0 bridgehead atoms. The summed E-state index contributed by atoms with van der Waals surface area (Å²) in [4.78, 5) is 15.4. The highest BCUT2D eigenvalue weighted by atomic mass is 16.4. The first-order valence-electron chi connectivity index (χ1n) is 7.22. The largest absolute Gasteiger partial charge is 0.481 e. The van der Waals surface area contributed by atoms with Gasteiger partial charge in [-0.3, -0.25) is 9.78 Å². The molecule has 3 heteroatoms. The van der Waals surface area contributed by atoms with Crippen LogP contribution < -0.4 is 0 Å². The summed E-state index contributed by atoms with van der Waals surface area (Å²) in [7, 11) is 0. The molecule has 0 saturated heterocycles. The predicted molar refractivity (Wildman–Crippen MR) is 85.7 cm³/mol. The Kier molecular flexibility index (Phi) is 3.79. The van der Waals surface area contributed by atoms with Crippen LogP contribution in [0.5, 0.6) is 0 Å². The van der Waals surface area contributed by atoms with Crippen molar-refractivity contribution in [3.63, 3.8) is 0 Å². The first kappa shape index (κ1) is 15.5. The van der Waals surface area contributed by atoms with Crippen LogP contribution >= 0.6 is 0 Å². The highest BCUT2D eigenvalue weighted by molar-refractivity contribution is 5.86. The molecule has 0 aliphatic rings. The van der Waals surface area contributed by atoms with Gasteiger partial charge in [-0.25, -0.2) is 0 Å². The molecular weight excluding hydrogens is 262 g/mol. The number of pyridine rings is 1. The van der Waals surface area contributed by atoms with Gasteiger partial charge in [0.15, 0.2) is 0 Å². The normalized spacial score (nSPS) is 12.6. The average molecular weight is 285 g/mol. The van der Waals surface area contributed by atoms with E-state index in [1.165, 1.54) is 10.9 Å². The lowest BCUT2D eigenvalue weighted by atomic mass is 9.79. The van der Waals surface area contributed by atoms with Crippen LogP contribution in [-0.4, -0.2) is 16.1 Å². The van der Waals surface area contributed by atoms with Crippen LogP contribution in [0.1, 0.15) is 52.2 Å². The Morgan fingerprint density at radius 2 is 1.81 bits per heavy atom. The molecule has 1 heterocycles.